The fourth-order valence-corrected chi connectivity index (χ4v) is 1.91. The second-order valence-electron chi connectivity index (χ2n) is 5.06. The van der Waals surface area contributed by atoms with Crippen molar-refractivity contribution < 1.29 is 19.1 Å². The van der Waals surface area contributed by atoms with E-state index in [0.29, 0.717) is 11.3 Å². The molecule has 0 fully saturated rings. The summed E-state index contributed by atoms with van der Waals surface area (Å²) in [7, 11) is 0. The molecule has 0 heterocycles. The van der Waals surface area contributed by atoms with Crippen LogP contribution in [0.15, 0.2) is 18.2 Å². The number of nitrogens with one attached hydrogen (secondary N) is 1. The second kappa shape index (κ2) is 5.90. The highest BCUT2D eigenvalue weighted by Crippen LogP contribution is 2.18. The smallest absolute Gasteiger partial charge is 0.329 e. The van der Waals surface area contributed by atoms with Crippen LogP contribution in [0, 0.1) is 12.7 Å². The molecule has 0 spiro atoms. The number of urea groups is 1. The number of hydrogen-bond donors (Lipinski definition) is 2. The third kappa shape index (κ3) is 3.46. The van der Waals surface area contributed by atoms with Gasteiger partial charge in [-0.2, -0.15) is 0 Å². The van der Waals surface area contributed by atoms with Gasteiger partial charge in [0.15, 0.2) is 0 Å². The van der Waals surface area contributed by atoms with Crippen LogP contribution in [0.4, 0.5) is 14.9 Å². The fraction of sp³-hybridized carbons (Fsp3) is 0.429. The Balaban J connectivity index is 2.96. The number of rotatable bonds is 4. The molecule has 20 heavy (non-hydrogen) atoms. The highest BCUT2D eigenvalue weighted by Gasteiger charge is 2.36. The molecule has 6 heteroatoms. The number of amides is 2. The van der Waals surface area contributed by atoms with Gasteiger partial charge in [-0.25, -0.2) is 14.0 Å². The van der Waals surface area contributed by atoms with Crippen LogP contribution in [0.5, 0.6) is 0 Å². The summed E-state index contributed by atoms with van der Waals surface area (Å²) in [6.07, 6.45) is 0. The maximum atomic E-state index is 13.3. The summed E-state index contributed by atoms with van der Waals surface area (Å²) in [5, 5.41) is 11.7. The Kier molecular flexibility index (Phi) is 4.70. The number of anilines is 1. The number of carbonyl (C=O) groups excluding carboxylic acids is 1. The zero-order valence-electron chi connectivity index (χ0n) is 12.0. The Labute approximate surface area is 117 Å². The predicted molar refractivity (Wildman–Crippen MR) is 74.3 cm³/mol. The van der Waals surface area contributed by atoms with Gasteiger partial charge in [0.2, 0.25) is 0 Å². The second-order valence-corrected chi connectivity index (χ2v) is 5.06. The van der Waals surface area contributed by atoms with Crippen LogP contribution in [-0.4, -0.2) is 34.1 Å². The first-order chi connectivity index (χ1) is 9.18. The van der Waals surface area contributed by atoms with Crippen molar-refractivity contribution in [1.82, 2.24) is 4.90 Å². The quantitative estimate of drug-likeness (QED) is 0.892. The summed E-state index contributed by atoms with van der Waals surface area (Å²) >= 11 is 0. The van der Waals surface area contributed by atoms with Crippen molar-refractivity contribution in [1.29, 1.82) is 0 Å². The molecule has 0 saturated heterocycles. The minimum atomic E-state index is -1.35. The molecule has 1 rings (SSSR count). The van der Waals surface area contributed by atoms with Crippen molar-refractivity contribution >= 4 is 17.7 Å². The number of likely N-dealkylation sites (N-methyl/N-ethyl adjacent to an activating group) is 1. The van der Waals surface area contributed by atoms with Crippen LogP contribution in [0.3, 0.4) is 0 Å². The molecule has 0 radical (unpaired) electrons. The number of carboxylic acids is 1. The van der Waals surface area contributed by atoms with E-state index in [0.717, 1.165) is 0 Å². The van der Waals surface area contributed by atoms with Crippen molar-refractivity contribution in [2.75, 3.05) is 11.9 Å². The van der Waals surface area contributed by atoms with Gasteiger partial charge in [0.05, 0.1) is 0 Å². The van der Waals surface area contributed by atoms with E-state index in [1.54, 1.807) is 19.9 Å². The first-order valence-corrected chi connectivity index (χ1v) is 6.27. The number of aryl methyl sites for hydroxylation is 1. The minimum Gasteiger partial charge on any atom is -0.480 e. The summed E-state index contributed by atoms with van der Waals surface area (Å²) in [4.78, 5) is 24.5. The third-order valence-corrected chi connectivity index (χ3v) is 3.05. The van der Waals surface area contributed by atoms with Crippen LogP contribution < -0.4 is 5.32 Å². The molecule has 1 aromatic carbocycles. The molecule has 2 amide bonds. The van der Waals surface area contributed by atoms with Crippen molar-refractivity contribution in [3.63, 3.8) is 0 Å². The number of hydrogen-bond acceptors (Lipinski definition) is 2. The van der Waals surface area contributed by atoms with Crippen molar-refractivity contribution in [3.8, 4) is 0 Å². The lowest BCUT2D eigenvalue weighted by Crippen LogP contribution is -2.54. The largest absolute Gasteiger partial charge is 0.480 e. The normalized spacial score (nSPS) is 11.1. The van der Waals surface area contributed by atoms with Gasteiger partial charge in [0, 0.05) is 12.2 Å². The Morgan fingerprint density at radius 1 is 1.35 bits per heavy atom. The molecule has 0 saturated carbocycles. The van der Waals surface area contributed by atoms with Crippen LogP contribution in [0.1, 0.15) is 26.3 Å². The Bertz CT molecular complexity index is 509. The van der Waals surface area contributed by atoms with E-state index in [-0.39, 0.29) is 6.54 Å². The number of carbonyl (C=O) groups is 2. The molecule has 0 aliphatic carbocycles. The third-order valence-electron chi connectivity index (χ3n) is 3.05. The van der Waals surface area contributed by atoms with E-state index in [1.165, 1.54) is 30.9 Å². The number of aliphatic carboxylic acids is 1. The van der Waals surface area contributed by atoms with E-state index in [4.69, 9.17) is 5.11 Å². The molecule has 2 N–H and O–H groups in total. The monoisotopic (exact) mass is 282 g/mol. The molecule has 0 atom stereocenters. The standard InChI is InChI=1S/C14H19FN2O3/c1-5-17(14(3,4)12(18)19)13(20)16-11-7-9(2)6-10(15)8-11/h6-8H,5H2,1-4H3,(H,16,20)(H,18,19). The summed E-state index contributed by atoms with van der Waals surface area (Å²) in [5.41, 5.74) is -0.380. The van der Waals surface area contributed by atoms with Gasteiger partial charge >= 0.3 is 12.0 Å². The average molecular weight is 282 g/mol. The lowest BCUT2D eigenvalue weighted by Gasteiger charge is -2.34. The maximum absolute atomic E-state index is 13.3. The van der Waals surface area contributed by atoms with E-state index in [2.05, 4.69) is 5.32 Å². The van der Waals surface area contributed by atoms with Crippen LogP contribution in [0.2, 0.25) is 0 Å². The zero-order chi connectivity index (χ0) is 15.5. The van der Waals surface area contributed by atoms with Gasteiger partial charge in [0.1, 0.15) is 11.4 Å². The Hall–Kier alpha value is -2.11. The maximum Gasteiger partial charge on any atom is 0.329 e. The van der Waals surface area contributed by atoms with E-state index in [9.17, 15) is 14.0 Å². The van der Waals surface area contributed by atoms with E-state index >= 15 is 0 Å². The molecule has 5 nitrogen and oxygen atoms in total. The lowest BCUT2D eigenvalue weighted by molar-refractivity contribution is -0.147. The number of benzene rings is 1. The topological polar surface area (TPSA) is 69.6 Å². The van der Waals surface area contributed by atoms with Crippen LogP contribution in [0.25, 0.3) is 0 Å². The minimum absolute atomic E-state index is 0.222. The van der Waals surface area contributed by atoms with Gasteiger partial charge in [-0.15, -0.1) is 0 Å². The van der Waals surface area contributed by atoms with Gasteiger partial charge in [-0.3, -0.25) is 0 Å². The van der Waals surface area contributed by atoms with Crippen molar-refractivity contribution in [2.24, 2.45) is 0 Å². The van der Waals surface area contributed by atoms with Gasteiger partial charge in [0.25, 0.3) is 0 Å². The van der Waals surface area contributed by atoms with Crippen LogP contribution >= 0.6 is 0 Å². The molecule has 110 valence electrons. The zero-order valence-corrected chi connectivity index (χ0v) is 12.0. The first-order valence-electron chi connectivity index (χ1n) is 6.27. The molecular formula is C14H19FN2O3. The highest BCUT2D eigenvalue weighted by molar-refractivity contribution is 5.93. The van der Waals surface area contributed by atoms with Gasteiger partial charge < -0.3 is 15.3 Å². The predicted octanol–water partition coefficient (Wildman–Crippen LogP) is 2.85. The van der Waals surface area contributed by atoms with E-state index in [1.807, 2.05) is 0 Å². The van der Waals surface area contributed by atoms with Gasteiger partial charge in [-0.05, 0) is 51.5 Å². The molecular weight excluding hydrogens is 263 g/mol. The molecule has 0 aromatic heterocycles. The Morgan fingerprint density at radius 3 is 2.40 bits per heavy atom. The molecule has 0 bridgehead atoms. The van der Waals surface area contributed by atoms with Crippen molar-refractivity contribution in [3.05, 3.63) is 29.6 Å². The lowest BCUT2D eigenvalue weighted by atomic mass is 10.0. The summed E-state index contributed by atoms with van der Waals surface area (Å²) in [6.45, 7) is 6.49. The van der Waals surface area contributed by atoms with Crippen molar-refractivity contribution in [2.45, 2.75) is 33.2 Å². The van der Waals surface area contributed by atoms with Gasteiger partial charge in [-0.1, -0.05) is 0 Å². The summed E-state index contributed by atoms with van der Waals surface area (Å²) in [5.74, 6) is -1.56. The number of halogens is 1. The molecule has 0 aliphatic rings. The molecule has 0 unspecified atom stereocenters. The highest BCUT2D eigenvalue weighted by atomic mass is 19.1. The Morgan fingerprint density at radius 2 is 1.95 bits per heavy atom. The fourth-order valence-electron chi connectivity index (χ4n) is 1.91. The average Bonchev–Trinajstić information content (AvgIpc) is 2.27. The first kappa shape index (κ1) is 15.9. The SMILES string of the molecule is CCN(C(=O)Nc1cc(C)cc(F)c1)C(C)(C)C(=O)O. The molecule has 1 aromatic rings. The van der Waals surface area contributed by atoms with Crippen LogP contribution in [-0.2, 0) is 4.79 Å². The number of nitrogens with zero attached hydrogens (tertiary/aromatic N) is 1. The van der Waals surface area contributed by atoms with E-state index < -0.39 is 23.4 Å². The number of carboxylic acid groups (broad SMARTS) is 1. The molecule has 0 aliphatic heterocycles. The summed E-state index contributed by atoms with van der Waals surface area (Å²) in [6, 6.07) is 3.56. The summed E-state index contributed by atoms with van der Waals surface area (Å²) < 4.78 is 13.3.